The van der Waals surface area contributed by atoms with E-state index in [4.69, 9.17) is 4.98 Å². The number of sulfonamides is 1. The number of carbonyl (C=O) groups is 1. The van der Waals surface area contributed by atoms with Gasteiger partial charge in [-0.1, -0.05) is 25.2 Å². The van der Waals surface area contributed by atoms with Crippen LogP contribution >= 0.6 is 23.7 Å². The number of carbonyl (C=O) groups excluding carboxylic acids is 1. The molecule has 1 heterocycles. The van der Waals surface area contributed by atoms with Gasteiger partial charge < -0.3 is 4.90 Å². The Hall–Kier alpha value is -2.04. The smallest absolute Gasteiger partial charge is 0.260 e. The maximum absolute atomic E-state index is 13.7. The van der Waals surface area contributed by atoms with Gasteiger partial charge in [0, 0.05) is 25.2 Å². The average molecular weight is 567 g/mol. The molecule has 7 nitrogen and oxygen atoms in total. The fraction of sp³-hybridized carbons (Fsp3) is 0.481. The lowest BCUT2D eigenvalue weighted by Gasteiger charge is -2.22. The summed E-state index contributed by atoms with van der Waals surface area (Å²) in [4.78, 5) is 22.5. The van der Waals surface area contributed by atoms with E-state index in [2.05, 4.69) is 30.9 Å². The lowest BCUT2D eigenvalue weighted by molar-refractivity contribution is 0.0986. The van der Waals surface area contributed by atoms with E-state index in [0.29, 0.717) is 30.3 Å². The minimum Gasteiger partial charge on any atom is -0.309 e. The number of fused-ring (bicyclic) bond motifs is 1. The first-order chi connectivity index (χ1) is 17.1. The first-order valence-corrected chi connectivity index (χ1v) is 14.8. The van der Waals surface area contributed by atoms with Crippen LogP contribution in [0.5, 0.6) is 0 Å². The Morgan fingerprint density at radius 3 is 2.08 bits per heavy atom. The summed E-state index contributed by atoms with van der Waals surface area (Å²) in [5.74, 6) is -0.177. The van der Waals surface area contributed by atoms with Crippen LogP contribution < -0.4 is 4.90 Å². The van der Waals surface area contributed by atoms with Crippen molar-refractivity contribution in [2.24, 2.45) is 0 Å². The van der Waals surface area contributed by atoms with Crippen molar-refractivity contribution in [3.05, 3.63) is 53.1 Å². The van der Waals surface area contributed by atoms with Gasteiger partial charge in [0.25, 0.3) is 5.91 Å². The van der Waals surface area contributed by atoms with Crippen molar-refractivity contribution in [2.75, 3.05) is 45.2 Å². The number of nitrogens with zero attached hydrogens (tertiary/aromatic N) is 4. The Morgan fingerprint density at radius 2 is 1.51 bits per heavy atom. The van der Waals surface area contributed by atoms with E-state index in [9.17, 15) is 13.2 Å². The Morgan fingerprint density at radius 1 is 0.919 bits per heavy atom. The zero-order valence-electron chi connectivity index (χ0n) is 22.7. The zero-order chi connectivity index (χ0) is 26.5. The van der Waals surface area contributed by atoms with Crippen LogP contribution in [0.1, 0.15) is 54.6 Å². The van der Waals surface area contributed by atoms with Crippen LogP contribution in [0.3, 0.4) is 0 Å². The molecule has 0 fully saturated rings. The van der Waals surface area contributed by atoms with Crippen LogP contribution in [0.15, 0.2) is 41.3 Å². The van der Waals surface area contributed by atoms with Crippen molar-refractivity contribution >= 4 is 55.0 Å². The van der Waals surface area contributed by atoms with E-state index in [-0.39, 0.29) is 23.2 Å². The fourth-order valence-electron chi connectivity index (χ4n) is 4.04. The predicted octanol–water partition coefficient (Wildman–Crippen LogP) is 5.74. The van der Waals surface area contributed by atoms with Crippen LogP contribution in [0, 0.1) is 13.8 Å². The van der Waals surface area contributed by atoms with Crippen molar-refractivity contribution < 1.29 is 13.2 Å². The quantitative estimate of drug-likeness (QED) is 0.279. The Balaban J connectivity index is 0.00000481. The summed E-state index contributed by atoms with van der Waals surface area (Å²) in [6.07, 6.45) is 2.29. The molecule has 0 radical (unpaired) electrons. The number of thiazole rings is 1. The summed E-state index contributed by atoms with van der Waals surface area (Å²) in [6, 6.07) is 10.5. The van der Waals surface area contributed by atoms with Gasteiger partial charge in [0.2, 0.25) is 10.0 Å². The van der Waals surface area contributed by atoms with E-state index in [1.54, 1.807) is 29.2 Å². The number of aryl methyl sites for hydroxylation is 2. The average Bonchev–Trinajstić information content (AvgIpc) is 3.23. The summed E-state index contributed by atoms with van der Waals surface area (Å²) in [5, 5.41) is 0.660. The molecule has 0 aliphatic rings. The summed E-state index contributed by atoms with van der Waals surface area (Å²) in [6.45, 7) is 10.4. The number of hydrogen-bond donors (Lipinski definition) is 0. The van der Waals surface area contributed by atoms with Crippen molar-refractivity contribution in [3.63, 3.8) is 0 Å². The number of aromatic nitrogens is 1. The fourth-order valence-corrected chi connectivity index (χ4v) is 6.73. The number of benzene rings is 2. The Labute approximate surface area is 231 Å². The van der Waals surface area contributed by atoms with E-state index in [1.807, 2.05) is 27.9 Å². The third-order valence-electron chi connectivity index (χ3n) is 6.14. The molecule has 204 valence electrons. The van der Waals surface area contributed by atoms with Crippen LogP contribution in [0.4, 0.5) is 5.13 Å². The second-order valence-electron chi connectivity index (χ2n) is 9.44. The molecule has 0 saturated heterocycles. The molecular weight excluding hydrogens is 528 g/mol. The van der Waals surface area contributed by atoms with Gasteiger partial charge in [-0.15, -0.1) is 12.4 Å². The van der Waals surface area contributed by atoms with Crippen molar-refractivity contribution in [1.82, 2.24) is 14.2 Å². The highest BCUT2D eigenvalue weighted by atomic mass is 35.5. The second kappa shape index (κ2) is 13.7. The van der Waals surface area contributed by atoms with Gasteiger partial charge in [-0.2, -0.15) is 4.31 Å². The first kappa shape index (κ1) is 31.2. The highest BCUT2D eigenvalue weighted by molar-refractivity contribution is 7.89. The maximum atomic E-state index is 13.7. The number of rotatable bonds is 12. The molecule has 0 bridgehead atoms. The summed E-state index contributed by atoms with van der Waals surface area (Å²) < 4.78 is 28.8. The van der Waals surface area contributed by atoms with Gasteiger partial charge >= 0.3 is 0 Å². The molecule has 1 amide bonds. The minimum atomic E-state index is -3.60. The van der Waals surface area contributed by atoms with E-state index in [0.717, 1.165) is 36.0 Å². The molecule has 1 aromatic heterocycles. The third-order valence-corrected chi connectivity index (χ3v) is 9.09. The molecule has 0 unspecified atom stereocenters. The molecule has 0 atom stereocenters. The number of hydrogen-bond acceptors (Lipinski definition) is 6. The monoisotopic (exact) mass is 566 g/mol. The molecule has 0 aliphatic carbocycles. The molecule has 3 rings (SSSR count). The standard InChI is InChI=1S/C27H38N4O3S2.ClH/c1-7-14-30(15-8-2)36(33,34)23-12-10-22(11-13-23)26(32)31(17-9-16-29(5)6)27-28-24-18-20(3)21(4)19-25(24)35-27;/h10-13,18-19H,7-9,14-17H2,1-6H3;1H. The lowest BCUT2D eigenvalue weighted by atomic mass is 10.1. The highest BCUT2D eigenvalue weighted by Crippen LogP contribution is 2.32. The topological polar surface area (TPSA) is 73.8 Å². The van der Waals surface area contributed by atoms with E-state index >= 15 is 0 Å². The summed E-state index contributed by atoms with van der Waals surface area (Å²) in [7, 11) is 0.421. The molecule has 37 heavy (non-hydrogen) atoms. The predicted molar refractivity (Wildman–Crippen MR) is 157 cm³/mol. The minimum absolute atomic E-state index is 0. The lowest BCUT2D eigenvalue weighted by Crippen LogP contribution is -2.34. The SMILES string of the molecule is CCCN(CCC)S(=O)(=O)c1ccc(C(=O)N(CCCN(C)C)c2nc3cc(C)c(C)cc3s2)cc1.Cl. The molecule has 0 N–H and O–H groups in total. The third kappa shape index (κ3) is 7.51. The van der Waals surface area contributed by atoms with E-state index < -0.39 is 10.0 Å². The molecule has 0 aliphatic heterocycles. The number of anilines is 1. The Kier molecular flexibility index (Phi) is 11.5. The van der Waals surface area contributed by atoms with E-state index in [1.165, 1.54) is 26.8 Å². The van der Waals surface area contributed by atoms with Crippen LogP contribution in [-0.2, 0) is 10.0 Å². The largest absolute Gasteiger partial charge is 0.309 e. The Bertz CT molecular complexity index is 1250. The van der Waals surface area contributed by atoms with Crippen molar-refractivity contribution in [2.45, 2.75) is 51.9 Å². The summed E-state index contributed by atoms with van der Waals surface area (Å²) in [5.41, 5.74) is 3.70. The molecule has 10 heteroatoms. The van der Waals surface area contributed by atoms with Crippen LogP contribution in [0.25, 0.3) is 10.2 Å². The number of halogens is 1. The second-order valence-corrected chi connectivity index (χ2v) is 12.4. The highest BCUT2D eigenvalue weighted by Gasteiger charge is 2.25. The number of amides is 1. The van der Waals surface area contributed by atoms with Crippen LogP contribution in [0.2, 0.25) is 0 Å². The summed E-state index contributed by atoms with van der Waals surface area (Å²) >= 11 is 1.51. The van der Waals surface area contributed by atoms with Gasteiger partial charge in [0.15, 0.2) is 5.13 Å². The van der Waals surface area contributed by atoms with Gasteiger partial charge in [-0.05, 0) is 101 Å². The van der Waals surface area contributed by atoms with Crippen molar-refractivity contribution in [3.8, 4) is 0 Å². The van der Waals surface area contributed by atoms with Gasteiger partial charge in [-0.25, -0.2) is 13.4 Å². The molecule has 2 aromatic carbocycles. The molecular formula is C27H39ClN4O3S2. The van der Waals surface area contributed by atoms with Gasteiger partial charge in [0.1, 0.15) is 0 Å². The van der Waals surface area contributed by atoms with Crippen molar-refractivity contribution in [1.29, 1.82) is 0 Å². The van der Waals surface area contributed by atoms with Crippen LogP contribution in [-0.4, -0.2) is 68.8 Å². The zero-order valence-corrected chi connectivity index (χ0v) is 25.1. The maximum Gasteiger partial charge on any atom is 0.260 e. The molecule has 3 aromatic rings. The van der Waals surface area contributed by atoms with Gasteiger partial charge in [-0.3, -0.25) is 9.69 Å². The first-order valence-electron chi connectivity index (χ1n) is 12.5. The molecule has 0 spiro atoms. The normalized spacial score (nSPS) is 11.8. The van der Waals surface area contributed by atoms with Gasteiger partial charge in [0.05, 0.1) is 15.1 Å². The molecule has 0 saturated carbocycles.